The van der Waals surface area contributed by atoms with Crippen molar-refractivity contribution in [3.63, 3.8) is 0 Å². The average Bonchev–Trinajstić information content (AvgIpc) is 2.27. The van der Waals surface area contributed by atoms with Crippen LogP contribution >= 0.6 is 11.3 Å². The zero-order chi connectivity index (χ0) is 7.84. The van der Waals surface area contributed by atoms with Crippen LogP contribution in [0.4, 0.5) is 0 Å². The monoisotopic (exact) mass is 165 g/mol. The number of hydrogen-bond acceptors (Lipinski definition) is 4. The van der Waals surface area contributed by atoms with Crippen LogP contribution in [0.25, 0.3) is 10.3 Å². The first-order chi connectivity index (χ1) is 5.25. The van der Waals surface area contributed by atoms with Crippen LogP contribution in [0.2, 0.25) is 0 Å². The summed E-state index contributed by atoms with van der Waals surface area (Å²) < 4.78 is 1.12. The van der Waals surface area contributed by atoms with Gasteiger partial charge in [0, 0.05) is 0 Å². The molecule has 4 heteroatoms. The van der Waals surface area contributed by atoms with Crippen LogP contribution < -0.4 is 0 Å². The molecule has 2 rings (SSSR count). The highest BCUT2D eigenvalue weighted by atomic mass is 32.1. The molecule has 0 spiro atoms. The summed E-state index contributed by atoms with van der Waals surface area (Å²) in [6.07, 6.45) is 0. The molecule has 0 amide bonds. The number of rotatable bonds is 0. The Balaban J connectivity index is 2.82. The molecule has 0 fully saturated rings. The molecule has 0 aromatic carbocycles. The van der Waals surface area contributed by atoms with Crippen molar-refractivity contribution in [3.05, 3.63) is 16.8 Å². The molecule has 3 nitrogen and oxygen atoms in total. The maximum atomic E-state index is 4.20. The van der Waals surface area contributed by atoms with Gasteiger partial charge in [-0.1, -0.05) is 0 Å². The van der Waals surface area contributed by atoms with Crippen LogP contribution in [0, 0.1) is 13.8 Å². The largest absolute Gasteiger partial charge is 0.220 e. The minimum absolute atomic E-state index is 0.762. The first kappa shape index (κ1) is 6.67. The van der Waals surface area contributed by atoms with Crippen LogP contribution in [0.3, 0.4) is 0 Å². The summed E-state index contributed by atoms with van der Waals surface area (Å²) >= 11 is 1.65. The Labute approximate surface area is 68.1 Å². The Morgan fingerprint density at radius 3 is 2.91 bits per heavy atom. The van der Waals surface area contributed by atoms with Crippen molar-refractivity contribution < 1.29 is 0 Å². The molecular weight excluding hydrogens is 158 g/mol. The van der Waals surface area contributed by atoms with Crippen molar-refractivity contribution in [3.8, 4) is 0 Å². The van der Waals surface area contributed by atoms with E-state index in [1.807, 2.05) is 19.9 Å². The Hall–Kier alpha value is -1.03. The quantitative estimate of drug-likeness (QED) is 0.596. The van der Waals surface area contributed by atoms with Gasteiger partial charge in [0.2, 0.25) is 0 Å². The van der Waals surface area contributed by atoms with Gasteiger partial charge in [0.15, 0.2) is 5.65 Å². The summed E-state index contributed by atoms with van der Waals surface area (Å²) in [4.78, 5) is 4.20. The molecule has 56 valence electrons. The van der Waals surface area contributed by atoms with E-state index >= 15 is 0 Å². The number of fused-ring (bicyclic) bond motifs is 1. The predicted octanol–water partition coefficient (Wildman–Crippen LogP) is 1.70. The van der Waals surface area contributed by atoms with Crippen molar-refractivity contribution in [2.75, 3.05) is 0 Å². The van der Waals surface area contributed by atoms with Crippen LogP contribution in [-0.2, 0) is 0 Å². The number of aromatic nitrogens is 3. The van der Waals surface area contributed by atoms with Gasteiger partial charge in [-0.15, -0.1) is 16.4 Å². The molecule has 0 saturated carbocycles. The summed E-state index contributed by atoms with van der Waals surface area (Å²) in [5.41, 5.74) is 1.71. The predicted molar refractivity (Wildman–Crippen MR) is 44.7 cm³/mol. The lowest BCUT2D eigenvalue weighted by atomic mass is 10.4. The van der Waals surface area contributed by atoms with Crippen molar-refractivity contribution in [2.45, 2.75) is 13.8 Å². The van der Waals surface area contributed by atoms with E-state index in [4.69, 9.17) is 0 Å². The zero-order valence-corrected chi connectivity index (χ0v) is 7.14. The number of nitrogens with zero attached hydrogens (tertiary/aromatic N) is 3. The molecular formula is C7H7N3S. The summed E-state index contributed by atoms with van der Waals surface area (Å²) in [7, 11) is 0. The van der Waals surface area contributed by atoms with Crippen LogP contribution in [0.15, 0.2) is 6.07 Å². The smallest absolute Gasteiger partial charge is 0.192 e. The summed E-state index contributed by atoms with van der Waals surface area (Å²) in [5.74, 6) is 0. The Kier molecular flexibility index (Phi) is 1.35. The number of hydrogen-bond donors (Lipinski definition) is 0. The van der Waals surface area contributed by atoms with E-state index < -0.39 is 0 Å². The van der Waals surface area contributed by atoms with Gasteiger partial charge in [-0.3, -0.25) is 0 Å². The number of thiazole rings is 1. The molecule has 0 bridgehead atoms. The second-order valence-electron chi connectivity index (χ2n) is 2.41. The van der Waals surface area contributed by atoms with Gasteiger partial charge in [0.25, 0.3) is 0 Å². The first-order valence-electron chi connectivity index (χ1n) is 3.33. The third-order valence-electron chi connectivity index (χ3n) is 1.38. The van der Waals surface area contributed by atoms with E-state index in [-0.39, 0.29) is 0 Å². The lowest BCUT2D eigenvalue weighted by molar-refractivity contribution is 1.00. The maximum Gasteiger partial charge on any atom is 0.192 e. The molecule has 0 unspecified atom stereocenters. The summed E-state index contributed by atoms with van der Waals surface area (Å²) in [6, 6.07) is 2.01. The molecule has 0 N–H and O–H groups in total. The van der Waals surface area contributed by atoms with E-state index in [2.05, 4.69) is 15.2 Å². The minimum atomic E-state index is 0.762. The molecule has 2 aromatic rings. The van der Waals surface area contributed by atoms with Gasteiger partial charge in [-0.2, -0.15) is 5.10 Å². The first-order valence-corrected chi connectivity index (χ1v) is 4.15. The average molecular weight is 165 g/mol. The molecule has 2 heterocycles. The van der Waals surface area contributed by atoms with Gasteiger partial charge in [-0.25, -0.2) is 4.98 Å². The Morgan fingerprint density at radius 2 is 2.09 bits per heavy atom. The fourth-order valence-electron chi connectivity index (χ4n) is 0.942. The normalized spacial score (nSPS) is 10.7. The highest BCUT2D eigenvalue weighted by Gasteiger charge is 2.00. The van der Waals surface area contributed by atoms with E-state index in [1.165, 1.54) is 0 Å². The molecule has 0 aliphatic rings. The van der Waals surface area contributed by atoms with E-state index in [0.717, 1.165) is 21.0 Å². The summed E-state index contributed by atoms with van der Waals surface area (Å²) in [6.45, 7) is 3.91. The standard InChI is InChI=1S/C7H7N3S/c1-4-3-6-7(10-9-4)8-5(2)11-6/h3H,1-2H3. The van der Waals surface area contributed by atoms with Crippen molar-refractivity contribution in [1.82, 2.24) is 15.2 Å². The van der Waals surface area contributed by atoms with Gasteiger partial charge >= 0.3 is 0 Å². The SMILES string of the molecule is Cc1cc2sc(C)nc2nn1. The van der Waals surface area contributed by atoms with Crippen LogP contribution in [0.5, 0.6) is 0 Å². The Bertz CT molecular complexity index is 393. The van der Waals surface area contributed by atoms with E-state index in [1.54, 1.807) is 11.3 Å². The second kappa shape index (κ2) is 2.23. The van der Waals surface area contributed by atoms with Gasteiger partial charge < -0.3 is 0 Å². The molecule has 0 aliphatic heterocycles. The van der Waals surface area contributed by atoms with E-state index in [0.29, 0.717) is 0 Å². The third kappa shape index (κ3) is 1.09. The second-order valence-corrected chi connectivity index (χ2v) is 3.64. The molecule has 2 aromatic heterocycles. The lowest BCUT2D eigenvalue weighted by Crippen LogP contribution is -1.84. The molecule has 0 atom stereocenters. The Morgan fingerprint density at radius 1 is 1.27 bits per heavy atom. The van der Waals surface area contributed by atoms with Crippen LogP contribution in [-0.4, -0.2) is 15.2 Å². The molecule has 0 saturated heterocycles. The molecule has 11 heavy (non-hydrogen) atoms. The highest BCUT2D eigenvalue weighted by Crippen LogP contribution is 2.18. The summed E-state index contributed by atoms with van der Waals surface area (Å²) in [5, 5.41) is 8.91. The number of aryl methyl sites for hydroxylation is 2. The van der Waals surface area contributed by atoms with Gasteiger partial charge in [-0.05, 0) is 19.9 Å². The van der Waals surface area contributed by atoms with Crippen LogP contribution in [0.1, 0.15) is 10.7 Å². The van der Waals surface area contributed by atoms with Crippen molar-refractivity contribution in [2.24, 2.45) is 0 Å². The third-order valence-corrected chi connectivity index (χ3v) is 2.29. The van der Waals surface area contributed by atoms with Crippen molar-refractivity contribution in [1.29, 1.82) is 0 Å². The minimum Gasteiger partial charge on any atom is -0.220 e. The maximum absolute atomic E-state index is 4.20. The van der Waals surface area contributed by atoms with E-state index in [9.17, 15) is 0 Å². The lowest BCUT2D eigenvalue weighted by Gasteiger charge is -1.86. The molecule has 0 aliphatic carbocycles. The fourth-order valence-corrected chi connectivity index (χ4v) is 1.80. The zero-order valence-electron chi connectivity index (χ0n) is 6.33. The highest BCUT2D eigenvalue weighted by molar-refractivity contribution is 7.18. The topological polar surface area (TPSA) is 38.7 Å². The van der Waals surface area contributed by atoms with Gasteiger partial charge in [0.05, 0.1) is 15.4 Å². The van der Waals surface area contributed by atoms with Crippen molar-refractivity contribution >= 4 is 21.7 Å². The van der Waals surface area contributed by atoms with Gasteiger partial charge in [0.1, 0.15) is 0 Å². The molecule has 0 radical (unpaired) electrons. The fraction of sp³-hybridized carbons (Fsp3) is 0.286.